The Morgan fingerprint density at radius 2 is 2.12 bits per heavy atom. The van der Waals surface area contributed by atoms with Gasteiger partial charge in [0.15, 0.2) is 0 Å². The van der Waals surface area contributed by atoms with E-state index < -0.39 is 0 Å². The van der Waals surface area contributed by atoms with Crippen LogP contribution < -0.4 is 5.43 Å². The maximum absolute atomic E-state index is 11.9. The largest absolute Gasteiger partial charge is 0.273 e. The minimum Gasteiger partial charge on any atom is -0.273 e. The normalized spacial score (nSPS) is 11.2. The highest BCUT2D eigenvalue weighted by Gasteiger charge is 2.13. The van der Waals surface area contributed by atoms with Crippen molar-refractivity contribution in [1.82, 2.24) is 20.2 Å². The Balaban J connectivity index is 1.69. The Hall–Kier alpha value is -2.51. The molecule has 0 atom stereocenters. The minimum absolute atomic E-state index is 0.200. The lowest BCUT2D eigenvalue weighted by Gasteiger charge is -2.01. The van der Waals surface area contributed by atoms with E-state index in [4.69, 9.17) is 11.6 Å². The molecule has 3 rings (SSSR count). The molecule has 0 aliphatic carbocycles. The van der Waals surface area contributed by atoms with Crippen molar-refractivity contribution in [1.29, 1.82) is 0 Å². The van der Waals surface area contributed by atoms with E-state index in [1.807, 2.05) is 49.6 Å². The van der Waals surface area contributed by atoms with Gasteiger partial charge in [-0.15, -0.1) is 11.3 Å². The first-order chi connectivity index (χ1) is 12.0. The number of rotatable bonds is 5. The average Bonchev–Trinajstić information content (AvgIpc) is 3.13. The molecule has 1 aromatic carbocycles. The van der Waals surface area contributed by atoms with Crippen LogP contribution in [0.2, 0.25) is 5.15 Å². The Bertz CT molecular complexity index is 917. The number of hydrogen-bond donors (Lipinski definition) is 1. The second-order valence-electron chi connectivity index (χ2n) is 5.39. The minimum atomic E-state index is -0.227. The monoisotopic (exact) mass is 373 g/mol. The summed E-state index contributed by atoms with van der Waals surface area (Å²) in [7, 11) is 0. The van der Waals surface area contributed by atoms with E-state index >= 15 is 0 Å². The van der Waals surface area contributed by atoms with Crippen LogP contribution in [0.25, 0.3) is 5.69 Å². The van der Waals surface area contributed by atoms with Crippen LogP contribution in [-0.4, -0.2) is 26.9 Å². The van der Waals surface area contributed by atoms with E-state index in [0.29, 0.717) is 10.7 Å². The molecule has 0 saturated carbocycles. The second kappa shape index (κ2) is 7.58. The highest BCUT2D eigenvalue weighted by molar-refractivity contribution is 7.09. The molecule has 0 aliphatic rings. The van der Waals surface area contributed by atoms with Gasteiger partial charge >= 0.3 is 0 Å². The summed E-state index contributed by atoms with van der Waals surface area (Å²) in [5.41, 5.74) is 5.65. The molecular weight excluding hydrogens is 358 g/mol. The zero-order valence-corrected chi connectivity index (χ0v) is 15.3. The summed E-state index contributed by atoms with van der Waals surface area (Å²) < 4.78 is 1.64. The molecule has 2 aromatic heterocycles. The molecule has 0 unspecified atom stereocenters. The maximum Gasteiger partial charge on any atom is 0.246 e. The molecule has 128 valence electrons. The number of benzene rings is 1. The van der Waals surface area contributed by atoms with Gasteiger partial charge in [-0.05, 0) is 26.0 Å². The smallest absolute Gasteiger partial charge is 0.246 e. The van der Waals surface area contributed by atoms with E-state index in [-0.39, 0.29) is 12.3 Å². The van der Waals surface area contributed by atoms with Crippen LogP contribution in [0.15, 0.2) is 40.8 Å². The number of halogens is 1. The number of para-hydroxylation sites is 1. The van der Waals surface area contributed by atoms with Crippen molar-refractivity contribution in [2.75, 3.05) is 0 Å². The van der Waals surface area contributed by atoms with E-state index in [2.05, 4.69) is 20.6 Å². The predicted molar refractivity (Wildman–Crippen MR) is 99.6 cm³/mol. The van der Waals surface area contributed by atoms with E-state index in [1.165, 1.54) is 17.6 Å². The molecular formula is C17H16ClN5OS. The fourth-order valence-electron chi connectivity index (χ4n) is 2.23. The number of hydrogen-bond acceptors (Lipinski definition) is 5. The predicted octanol–water partition coefficient (Wildman–Crippen LogP) is 3.29. The van der Waals surface area contributed by atoms with Gasteiger partial charge in [-0.2, -0.15) is 10.2 Å². The lowest BCUT2D eigenvalue weighted by molar-refractivity contribution is -0.120. The second-order valence-corrected chi connectivity index (χ2v) is 6.69. The lowest BCUT2D eigenvalue weighted by atomic mass is 10.3. The van der Waals surface area contributed by atoms with Gasteiger partial charge in [-0.25, -0.2) is 15.1 Å². The Morgan fingerprint density at radius 3 is 2.80 bits per heavy atom. The lowest BCUT2D eigenvalue weighted by Crippen LogP contribution is -2.19. The number of aromatic nitrogens is 3. The number of hydrazone groups is 1. The molecule has 0 saturated heterocycles. The van der Waals surface area contributed by atoms with Gasteiger partial charge in [-0.1, -0.05) is 29.8 Å². The molecule has 8 heteroatoms. The molecule has 3 aromatic rings. The summed E-state index contributed by atoms with van der Waals surface area (Å²) in [4.78, 5) is 16.1. The van der Waals surface area contributed by atoms with Crippen molar-refractivity contribution >= 4 is 35.1 Å². The Kier molecular flexibility index (Phi) is 5.25. The topological polar surface area (TPSA) is 72.2 Å². The summed E-state index contributed by atoms with van der Waals surface area (Å²) in [5, 5.41) is 11.5. The van der Waals surface area contributed by atoms with Crippen molar-refractivity contribution in [2.45, 2.75) is 20.3 Å². The van der Waals surface area contributed by atoms with Crippen LogP contribution in [0.1, 0.15) is 22.0 Å². The highest BCUT2D eigenvalue weighted by Crippen LogP contribution is 2.21. The van der Waals surface area contributed by atoms with Crippen molar-refractivity contribution in [2.24, 2.45) is 5.10 Å². The fourth-order valence-corrected chi connectivity index (χ4v) is 3.32. The summed E-state index contributed by atoms with van der Waals surface area (Å²) in [6.45, 7) is 3.73. The first-order valence-electron chi connectivity index (χ1n) is 7.58. The summed E-state index contributed by atoms with van der Waals surface area (Å²) in [6, 6.07) is 9.58. The fraction of sp³-hybridized carbons (Fsp3) is 0.176. The standard InChI is InChI=1S/C17H16ClN5OS/c1-11-10-25-16(20-11)8-15(24)21-19-9-14-12(2)22-23(17(14)18)13-6-4-3-5-7-13/h3-7,9-10H,8H2,1-2H3,(H,21,24)/b19-9-. The molecule has 1 N–H and O–H groups in total. The molecule has 25 heavy (non-hydrogen) atoms. The summed E-state index contributed by atoms with van der Waals surface area (Å²) in [5.74, 6) is -0.227. The quantitative estimate of drug-likeness (QED) is 0.551. The van der Waals surface area contributed by atoms with Gasteiger partial charge in [-0.3, -0.25) is 4.79 Å². The molecule has 0 aliphatic heterocycles. The first kappa shape index (κ1) is 17.3. The Morgan fingerprint density at radius 1 is 1.36 bits per heavy atom. The van der Waals surface area contributed by atoms with Crippen molar-refractivity contribution in [3.8, 4) is 5.69 Å². The van der Waals surface area contributed by atoms with Crippen LogP contribution in [-0.2, 0) is 11.2 Å². The van der Waals surface area contributed by atoms with Crippen molar-refractivity contribution < 1.29 is 4.79 Å². The third-order valence-electron chi connectivity index (χ3n) is 3.41. The SMILES string of the molecule is Cc1csc(CC(=O)N/N=C\c2c(C)nn(-c3ccccc3)c2Cl)n1. The van der Waals surface area contributed by atoms with E-state index in [9.17, 15) is 4.79 Å². The molecule has 0 spiro atoms. The van der Waals surface area contributed by atoms with Crippen LogP contribution in [0.5, 0.6) is 0 Å². The third-order valence-corrected chi connectivity index (χ3v) is 4.74. The number of carbonyl (C=O) groups is 1. The molecule has 2 heterocycles. The number of carbonyl (C=O) groups excluding carboxylic acids is 1. The number of nitrogens with zero attached hydrogens (tertiary/aromatic N) is 4. The van der Waals surface area contributed by atoms with Crippen LogP contribution >= 0.6 is 22.9 Å². The number of thiazole rings is 1. The van der Waals surface area contributed by atoms with Gasteiger partial charge < -0.3 is 0 Å². The third kappa shape index (κ3) is 4.12. The van der Waals surface area contributed by atoms with E-state index in [0.717, 1.165) is 22.1 Å². The highest BCUT2D eigenvalue weighted by atomic mass is 35.5. The number of aryl methyl sites for hydroxylation is 2. The molecule has 6 nitrogen and oxygen atoms in total. The molecule has 0 bridgehead atoms. The zero-order chi connectivity index (χ0) is 17.8. The van der Waals surface area contributed by atoms with Crippen molar-refractivity contribution in [3.05, 3.63) is 62.8 Å². The van der Waals surface area contributed by atoms with E-state index in [1.54, 1.807) is 4.68 Å². The molecule has 1 amide bonds. The van der Waals surface area contributed by atoms with Gasteiger partial charge in [0.05, 0.1) is 29.6 Å². The average molecular weight is 374 g/mol. The van der Waals surface area contributed by atoms with Gasteiger partial charge in [0.25, 0.3) is 0 Å². The molecule has 0 radical (unpaired) electrons. The van der Waals surface area contributed by atoms with Crippen LogP contribution in [0.3, 0.4) is 0 Å². The van der Waals surface area contributed by atoms with Gasteiger partial charge in [0.2, 0.25) is 5.91 Å². The molecule has 0 fully saturated rings. The summed E-state index contributed by atoms with van der Waals surface area (Å²) in [6.07, 6.45) is 1.71. The van der Waals surface area contributed by atoms with Gasteiger partial charge in [0, 0.05) is 11.1 Å². The number of nitrogens with one attached hydrogen (secondary N) is 1. The number of amides is 1. The Labute approximate surface area is 154 Å². The maximum atomic E-state index is 11.9. The van der Waals surface area contributed by atoms with Crippen LogP contribution in [0.4, 0.5) is 0 Å². The van der Waals surface area contributed by atoms with Gasteiger partial charge in [0.1, 0.15) is 10.2 Å². The summed E-state index contributed by atoms with van der Waals surface area (Å²) >= 11 is 7.86. The zero-order valence-electron chi connectivity index (χ0n) is 13.7. The first-order valence-corrected chi connectivity index (χ1v) is 8.84. The van der Waals surface area contributed by atoms with Crippen molar-refractivity contribution in [3.63, 3.8) is 0 Å². The van der Waals surface area contributed by atoms with Crippen LogP contribution in [0, 0.1) is 13.8 Å².